The third-order valence-corrected chi connectivity index (χ3v) is 3.14. The minimum atomic E-state index is -0.628. The molecule has 0 saturated carbocycles. The van der Waals surface area contributed by atoms with Crippen molar-refractivity contribution in [2.45, 2.75) is 0 Å². The van der Waals surface area contributed by atoms with Crippen molar-refractivity contribution in [3.05, 3.63) is 57.3 Å². The maximum Gasteiger partial charge on any atom is 0.257 e. The van der Waals surface area contributed by atoms with Gasteiger partial charge in [0.1, 0.15) is 11.6 Å². The van der Waals surface area contributed by atoms with Crippen LogP contribution in [0.3, 0.4) is 0 Å². The molecule has 0 spiro atoms. The fourth-order valence-corrected chi connectivity index (χ4v) is 2.28. The first-order chi connectivity index (χ1) is 8.97. The van der Waals surface area contributed by atoms with Gasteiger partial charge in [-0.25, -0.2) is 8.78 Å². The summed E-state index contributed by atoms with van der Waals surface area (Å²) >= 11 is 8.91. The third kappa shape index (κ3) is 3.27. The lowest BCUT2D eigenvalue weighted by Gasteiger charge is -2.09. The molecule has 0 bridgehead atoms. The zero-order valence-electron chi connectivity index (χ0n) is 9.25. The van der Waals surface area contributed by atoms with E-state index in [1.54, 1.807) is 0 Å². The van der Waals surface area contributed by atoms with E-state index in [1.807, 2.05) is 0 Å². The molecule has 3 nitrogen and oxygen atoms in total. The zero-order chi connectivity index (χ0) is 14.0. The van der Waals surface area contributed by atoms with Gasteiger partial charge in [-0.2, -0.15) is 0 Å². The zero-order valence-corrected chi connectivity index (χ0v) is 11.6. The molecule has 1 heterocycles. The second kappa shape index (κ2) is 5.63. The van der Waals surface area contributed by atoms with Gasteiger partial charge in [-0.05, 0) is 34.1 Å². The van der Waals surface area contributed by atoms with E-state index in [0.717, 1.165) is 24.4 Å². The van der Waals surface area contributed by atoms with Crippen LogP contribution in [0, 0.1) is 11.6 Å². The largest absolute Gasteiger partial charge is 0.320 e. The van der Waals surface area contributed by atoms with E-state index in [-0.39, 0.29) is 20.7 Å². The molecule has 0 radical (unpaired) electrons. The molecule has 0 aliphatic heterocycles. The smallest absolute Gasteiger partial charge is 0.257 e. The van der Waals surface area contributed by atoms with Crippen LogP contribution in [0.25, 0.3) is 0 Å². The number of nitrogens with zero attached hydrogens (tertiary/aromatic N) is 1. The first-order valence-electron chi connectivity index (χ1n) is 5.04. The van der Waals surface area contributed by atoms with Crippen LogP contribution in [-0.2, 0) is 0 Å². The molecule has 7 heteroatoms. The Hall–Kier alpha value is -1.53. The van der Waals surface area contributed by atoms with Gasteiger partial charge in [0.15, 0.2) is 0 Å². The number of rotatable bonds is 2. The number of nitrogens with one attached hydrogen (secondary N) is 1. The Kier molecular flexibility index (Phi) is 4.11. The molecule has 98 valence electrons. The average molecular weight is 348 g/mol. The maximum absolute atomic E-state index is 13.0. The molecule has 1 N–H and O–H groups in total. The Morgan fingerprint density at radius 1 is 1.21 bits per heavy atom. The summed E-state index contributed by atoms with van der Waals surface area (Å²) < 4.78 is 26.3. The second-order valence-electron chi connectivity index (χ2n) is 3.59. The number of benzene rings is 1. The number of halogens is 4. The summed E-state index contributed by atoms with van der Waals surface area (Å²) in [5, 5.41) is 2.49. The number of pyridine rings is 1. The Labute approximate surface area is 120 Å². The van der Waals surface area contributed by atoms with E-state index in [9.17, 15) is 13.6 Å². The standard InChI is InChI=1S/C12H6BrClF2N2O/c13-9-2-7(15)3-10(14)11(9)18-12(19)6-1-8(16)5-17-4-6/h1-5H,(H,18,19). The highest BCUT2D eigenvalue weighted by Gasteiger charge is 2.13. The van der Waals surface area contributed by atoms with E-state index in [1.165, 1.54) is 6.20 Å². The normalized spacial score (nSPS) is 10.3. The molecule has 1 aromatic heterocycles. The monoisotopic (exact) mass is 346 g/mol. The molecule has 0 atom stereocenters. The highest BCUT2D eigenvalue weighted by atomic mass is 79.9. The minimum Gasteiger partial charge on any atom is -0.320 e. The van der Waals surface area contributed by atoms with Crippen LogP contribution in [-0.4, -0.2) is 10.9 Å². The summed E-state index contributed by atoms with van der Waals surface area (Å²) in [6.07, 6.45) is 2.20. The van der Waals surface area contributed by atoms with E-state index in [0.29, 0.717) is 0 Å². The molecule has 0 aliphatic carbocycles. The van der Waals surface area contributed by atoms with E-state index < -0.39 is 17.5 Å². The van der Waals surface area contributed by atoms with Crippen LogP contribution in [0.4, 0.5) is 14.5 Å². The summed E-state index contributed by atoms with van der Waals surface area (Å²) in [7, 11) is 0. The van der Waals surface area contributed by atoms with Gasteiger partial charge in [-0.1, -0.05) is 11.6 Å². The minimum absolute atomic E-state index is 0.0320. The van der Waals surface area contributed by atoms with Crippen molar-refractivity contribution < 1.29 is 13.6 Å². The molecule has 19 heavy (non-hydrogen) atoms. The molecular weight excluding hydrogens is 341 g/mol. The first-order valence-corrected chi connectivity index (χ1v) is 6.21. The van der Waals surface area contributed by atoms with Gasteiger partial charge in [0.2, 0.25) is 0 Å². The van der Waals surface area contributed by atoms with Gasteiger partial charge in [-0.3, -0.25) is 9.78 Å². The van der Waals surface area contributed by atoms with Crippen molar-refractivity contribution in [2.24, 2.45) is 0 Å². The van der Waals surface area contributed by atoms with Gasteiger partial charge >= 0.3 is 0 Å². The second-order valence-corrected chi connectivity index (χ2v) is 4.85. The van der Waals surface area contributed by atoms with Crippen LogP contribution in [0.15, 0.2) is 35.1 Å². The molecule has 0 unspecified atom stereocenters. The molecule has 2 aromatic rings. The van der Waals surface area contributed by atoms with E-state index in [2.05, 4.69) is 26.2 Å². The molecule has 0 fully saturated rings. The van der Waals surface area contributed by atoms with Crippen molar-refractivity contribution >= 4 is 39.1 Å². The predicted octanol–water partition coefficient (Wildman–Crippen LogP) is 4.03. The number of hydrogen-bond acceptors (Lipinski definition) is 2. The Balaban J connectivity index is 2.29. The molecule has 0 aliphatic rings. The average Bonchev–Trinajstić information content (AvgIpc) is 2.33. The Bertz CT molecular complexity index is 628. The van der Waals surface area contributed by atoms with Crippen LogP contribution < -0.4 is 5.32 Å². The first kappa shape index (κ1) is 13.9. The van der Waals surface area contributed by atoms with Gasteiger partial charge < -0.3 is 5.32 Å². The lowest BCUT2D eigenvalue weighted by atomic mass is 10.2. The summed E-state index contributed by atoms with van der Waals surface area (Å²) in [4.78, 5) is 15.4. The topological polar surface area (TPSA) is 42.0 Å². The van der Waals surface area contributed by atoms with E-state index in [4.69, 9.17) is 11.6 Å². The van der Waals surface area contributed by atoms with Crippen molar-refractivity contribution in [3.63, 3.8) is 0 Å². The number of carbonyl (C=O) groups is 1. The summed E-state index contributed by atoms with van der Waals surface area (Å²) in [6, 6.07) is 3.25. The quantitative estimate of drug-likeness (QED) is 0.891. The third-order valence-electron chi connectivity index (χ3n) is 2.21. The number of anilines is 1. The summed E-state index contributed by atoms with van der Waals surface area (Å²) in [5.41, 5.74) is 0.240. The van der Waals surface area contributed by atoms with Gasteiger partial charge in [0.25, 0.3) is 5.91 Å². The Morgan fingerprint density at radius 3 is 2.58 bits per heavy atom. The molecule has 2 rings (SSSR count). The molecule has 1 amide bonds. The Morgan fingerprint density at radius 2 is 1.95 bits per heavy atom. The highest BCUT2D eigenvalue weighted by molar-refractivity contribution is 9.10. The van der Waals surface area contributed by atoms with Gasteiger partial charge in [-0.15, -0.1) is 0 Å². The van der Waals surface area contributed by atoms with Crippen LogP contribution in [0.5, 0.6) is 0 Å². The molecule has 1 aromatic carbocycles. The lowest BCUT2D eigenvalue weighted by Crippen LogP contribution is -2.13. The van der Waals surface area contributed by atoms with Crippen LogP contribution in [0.1, 0.15) is 10.4 Å². The lowest BCUT2D eigenvalue weighted by molar-refractivity contribution is 0.102. The number of aromatic nitrogens is 1. The van der Waals surface area contributed by atoms with Gasteiger partial charge in [0, 0.05) is 10.7 Å². The number of carbonyl (C=O) groups excluding carboxylic acids is 1. The van der Waals surface area contributed by atoms with Crippen molar-refractivity contribution in [1.82, 2.24) is 4.98 Å². The summed E-state index contributed by atoms with van der Waals surface area (Å²) in [5.74, 6) is -1.76. The highest BCUT2D eigenvalue weighted by Crippen LogP contribution is 2.32. The van der Waals surface area contributed by atoms with Crippen LogP contribution in [0.2, 0.25) is 5.02 Å². The fraction of sp³-hybridized carbons (Fsp3) is 0. The molecule has 0 saturated heterocycles. The predicted molar refractivity (Wildman–Crippen MR) is 71.3 cm³/mol. The fourth-order valence-electron chi connectivity index (χ4n) is 1.38. The van der Waals surface area contributed by atoms with E-state index >= 15 is 0 Å². The van der Waals surface area contributed by atoms with Gasteiger partial charge in [0.05, 0.1) is 22.5 Å². The van der Waals surface area contributed by atoms with Crippen molar-refractivity contribution in [2.75, 3.05) is 5.32 Å². The SMILES string of the molecule is O=C(Nc1c(Cl)cc(F)cc1Br)c1cncc(F)c1. The number of amides is 1. The van der Waals surface area contributed by atoms with Crippen molar-refractivity contribution in [3.8, 4) is 0 Å². The summed E-state index contributed by atoms with van der Waals surface area (Å²) in [6.45, 7) is 0. The van der Waals surface area contributed by atoms with Crippen molar-refractivity contribution in [1.29, 1.82) is 0 Å². The van der Waals surface area contributed by atoms with Crippen LogP contribution >= 0.6 is 27.5 Å². The number of hydrogen-bond donors (Lipinski definition) is 1. The maximum atomic E-state index is 13.0. The molecular formula is C12H6BrClF2N2O.